The second-order valence-corrected chi connectivity index (χ2v) is 5.43. The number of amides is 1. The van der Waals surface area contributed by atoms with Crippen molar-refractivity contribution in [3.63, 3.8) is 0 Å². The quantitative estimate of drug-likeness (QED) is 0.852. The Labute approximate surface area is 138 Å². The van der Waals surface area contributed by atoms with Crippen LogP contribution in [0.3, 0.4) is 0 Å². The standard InChI is InChI=1S/C19H24N2O2/c1-4-15-9-5-7-11-17(15)20-13-19(22)21(2)14-16-10-6-8-12-18(16)23-3/h5-12,20H,4,13-14H2,1-3H3. The van der Waals surface area contributed by atoms with Gasteiger partial charge >= 0.3 is 0 Å². The summed E-state index contributed by atoms with van der Waals surface area (Å²) in [6.07, 6.45) is 0.939. The molecule has 0 unspecified atom stereocenters. The molecule has 1 N–H and O–H groups in total. The lowest BCUT2D eigenvalue weighted by Gasteiger charge is -2.20. The van der Waals surface area contributed by atoms with E-state index in [1.807, 2.05) is 49.5 Å². The topological polar surface area (TPSA) is 41.6 Å². The van der Waals surface area contributed by atoms with E-state index in [9.17, 15) is 4.79 Å². The molecule has 1 amide bonds. The Bertz CT molecular complexity index is 655. The number of ether oxygens (including phenoxy) is 1. The molecule has 0 saturated heterocycles. The molecule has 4 nitrogen and oxygen atoms in total. The van der Waals surface area contributed by atoms with Gasteiger partial charge in [-0.05, 0) is 24.1 Å². The summed E-state index contributed by atoms with van der Waals surface area (Å²) in [5, 5.41) is 3.24. The molecule has 2 rings (SSSR count). The van der Waals surface area contributed by atoms with Gasteiger partial charge in [0.25, 0.3) is 0 Å². The van der Waals surface area contributed by atoms with E-state index in [-0.39, 0.29) is 12.5 Å². The van der Waals surface area contributed by atoms with Crippen molar-refractivity contribution in [2.75, 3.05) is 26.0 Å². The van der Waals surface area contributed by atoms with Gasteiger partial charge in [0.2, 0.25) is 5.91 Å². The van der Waals surface area contributed by atoms with E-state index in [4.69, 9.17) is 4.74 Å². The van der Waals surface area contributed by atoms with Crippen LogP contribution in [0.5, 0.6) is 5.75 Å². The van der Waals surface area contributed by atoms with Gasteiger partial charge in [-0.15, -0.1) is 0 Å². The largest absolute Gasteiger partial charge is 0.496 e. The molecule has 0 fully saturated rings. The number of methoxy groups -OCH3 is 1. The minimum absolute atomic E-state index is 0.0433. The zero-order chi connectivity index (χ0) is 16.7. The van der Waals surface area contributed by atoms with E-state index in [2.05, 4.69) is 18.3 Å². The Morgan fingerprint density at radius 3 is 2.43 bits per heavy atom. The molecule has 0 bridgehead atoms. The van der Waals surface area contributed by atoms with Crippen LogP contribution < -0.4 is 10.1 Å². The Hall–Kier alpha value is -2.49. The number of carbonyl (C=O) groups excluding carboxylic acids is 1. The smallest absolute Gasteiger partial charge is 0.241 e. The molecular weight excluding hydrogens is 288 g/mol. The van der Waals surface area contributed by atoms with Crippen molar-refractivity contribution in [3.8, 4) is 5.75 Å². The van der Waals surface area contributed by atoms with Gasteiger partial charge in [0.05, 0.1) is 13.7 Å². The van der Waals surface area contributed by atoms with Gasteiger partial charge in [0.15, 0.2) is 0 Å². The highest BCUT2D eigenvalue weighted by molar-refractivity contribution is 5.81. The SMILES string of the molecule is CCc1ccccc1NCC(=O)N(C)Cc1ccccc1OC. The van der Waals surface area contributed by atoms with Gasteiger partial charge in [-0.3, -0.25) is 4.79 Å². The predicted octanol–water partition coefficient (Wildman–Crippen LogP) is 3.33. The monoisotopic (exact) mass is 312 g/mol. The van der Waals surface area contributed by atoms with Crippen LogP contribution in [0, 0.1) is 0 Å². The van der Waals surface area contributed by atoms with Crippen LogP contribution in [-0.4, -0.2) is 31.5 Å². The molecule has 0 atom stereocenters. The molecule has 0 saturated carbocycles. The molecule has 0 aliphatic carbocycles. The molecule has 0 aliphatic heterocycles. The number of hydrogen-bond donors (Lipinski definition) is 1. The van der Waals surface area contributed by atoms with Crippen LogP contribution in [0.2, 0.25) is 0 Å². The number of rotatable bonds is 7. The van der Waals surface area contributed by atoms with Gasteiger partial charge in [0.1, 0.15) is 5.75 Å². The summed E-state index contributed by atoms with van der Waals surface area (Å²) < 4.78 is 5.33. The van der Waals surface area contributed by atoms with Gasteiger partial charge < -0.3 is 15.0 Å². The highest BCUT2D eigenvalue weighted by Crippen LogP contribution is 2.19. The number of hydrogen-bond acceptors (Lipinski definition) is 3. The van der Waals surface area contributed by atoms with Crippen molar-refractivity contribution >= 4 is 11.6 Å². The van der Waals surface area contributed by atoms with Crippen molar-refractivity contribution in [1.29, 1.82) is 0 Å². The van der Waals surface area contributed by atoms with Crippen molar-refractivity contribution < 1.29 is 9.53 Å². The molecule has 2 aromatic rings. The van der Waals surface area contributed by atoms with Crippen molar-refractivity contribution in [2.24, 2.45) is 0 Å². The average molecular weight is 312 g/mol. The second kappa shape index (κ2) is 8.22. The normalized spacial score (nSPS) is 10.2. The number of carbonyl (C=O) groups is 1. The molecule has 0 aromatic heterocycles. The van der Waals surface area contributed by atoms with E-state index in [1.165, 1.54) is 5.56 Å². The van der Waals surface area contributed by atoms with Crippen molar-refractivity contribution in [1.82, 2.24) is 4.90 Å². The van der Waals surface area contributed by atoms with Crippen LogP contribution in [0.15, 0.2) is 48.5 Å². The van der Waals surface area contributed by atoms with Gasteiger partial charge in [-0.1, -0.05) is 43.3 Å². The third-order valence-corrected chi connectivity index (χ3v) is 3.85. The van der Waals surface area contributed by atoms with E-state index < -0.39 is 0 Å². The van der Waals surface area contributed by atoms with Crippen molar-refractivity contribution in [2.45, 2.75) is 19.9 Å². The summed E-state index contributed by atoms with van der Waals surface area (Å²) in [5.74, 6) is 0.846. The summed E-state index contributed by atoms with van der Waals surface area (Å²) in [7, 11) is 3.45. The average Bonchev–Trinajstić information content (AvgIpc) is 2.60. The first-order valence-electron chi connectivity index (χ1n) is 7.83. The molecule has 0 aliphatic rings. The number of anilines is 1. The number of para-hydroxylation sites is 2. The van der Waals surface area contributed by atoms with Crippen LogP contribution >= 0.6 is 0 Å². The van der Waals surface area contributed by atoms with Crippen LogP contribution in [0.25, 0.3) is 0 Å². The lowest BCUT2D eigenvalue weighted by atomic mass is 10.1. The number of likely N-dealkylation sites (N-methyl/N-ethyl adjacent to an activating group) is 1. The van der Waals surface area contributed by atoms with Crippen LogP contribution in [0.4, 0.5) is 5.69 Å². The maximum atomic E-state index is 12.3. The molecule has 0 spiro atoms. The molecule has 122 valence electrons. The Morgan fingerprint density at radius 2 is 1.74 bits per heavy atom. The number of nitrogens with one attached hydrogen (secondary N) is 1. The molecule has 0 heterocycles. The molecule has 4 heteroatoms. The predicted molar refractivity (Wildman–Crippen MR) is 93.8 cm³/mol. The number of aryl methyl sites for hydroxylation is 1. The third kappa shape index (κ3) is 4.49. The minimum atomic E-state index is 0.0433. The summed E-state index contributed by atoms with van der Waals surface area (Å²) in [5.41, 5.74) is 3.24. The zero-order valence-corrected chi connectivity index (χ0v) is 14.0. The molecular formula is C19H24N2O2. The number of benzene rings is 2. The van der Waals surface area contributed by atoms with E-state index in [0.717, 1.165) is 23.4 Å². The lowest BCUT2D eigenvalue weighted by Crippen LogP contribution is -2.32. The summed E-state index contributed by atoms with van der Waals surface area (Å²) in [6, 6.07) is 15.8. The van der Waals surface area contributed by atoms with Crippen LogP contribution in [-0.2, 0) is 17.8 Å². The van der Waals surface area contributed by atoms with Gasteiger partial charge in [-0.25, -0.2) is 0 Å². The highest BCUT2D eigenvalue weighted by atomic mass is 16.5. The summed E-state index contributed by atoms with van der Waals surface area (Å²) in [4.78, 5) is 14.1. The molecule has 0 radical (unpaired) electrons. The number of nitrogens with zero attached hydrogens (tertiary/aromatic N) is 1. The first-order valence-corrected chi connectivity index (χ1v) is 7.83. The van der Waals surface area contributed by atoms with E-state index in [1.54, 1.807) is 12.0 Å². The fourth-order valence-electron chi connectivity index (χ4n) is 2.48. The molecule has 23 heavy (non-hydrogen) atoms. The Kier molecular flexibility index (Phi) is 6.03. The highest BCUT2D eigenvalue weighted by Gasteiger charge is 2.12. The van der Waals surface area contributed by atoms with Crippen LogP contribution in [0.1, 0.15) is 18.1 Å². The van der Waals surface area contributed by atoms with Gasteiger partial charge in [-0.2, -0.15) is 0 Å². The Morgan fingerprint density at radius 1 is 1.09 bits per heavy atom. The fourth-order valence-corrected chi connectivity index (χ4v) is 2.48. The maximum absolute atomic E-state index is 12.3. The first-order chi connectivity index (χ1) is 11.2. The maximum Gasteiger partial charge on any atom is 0.241 e. The van der Waals surface area contributed by atoms with Gasteiger partial charge in [0, 0.05) is 24.8 Å². The van der Waals surface area contributed by atoms with E-state index in [0.29, 0.717) is 6.54 Å². The molecule has 2 aromatic carbocycles. The zero-order valence-electron chi connectivity index (χ0n) is 14.0. The van der Waals surface area contributed by atoms with Crippen molar-refractivity contribution in [3.05, 3.63) is 59.7 Å². The first kappa shape index (κ1) is 16.9. The Balaban J connectivity index is 1.95. The van der Waals surface area contributed by atoms with E-state index >= 15 is 0 Å². The fraction of sp³-hybridized carbons (Fsp3) is 0.316. The lowest BCUT2D eigenvalue weighted by molar-refractivity contribution is -0.128. The summed E-state index contributed by atoms with van der Waals surface area (Å²) in [6.45, 7) is 2.92. The minimum Gasteiger partial charge on any atom is -0.496 e. The summed E-state index contributed by atoms with van der Waals surface area (Å²) >= 11 is 0. The second-order valence-electron chi connectivity index (χ2n) is 5.43. The third-order valence-electron chi connectivity index (χ3n) is 3.85.